The number of hydrogen-bond donors (Lipinski definition) is 1. The first-order valence-electron chi connectivity index (χ1n) is 6.03. The molecule has 1 atom stereocenters. The molecule has 17 heavy (non-hydrogen) atoms. The standard InChI is InChI=1S/C13H19BrN2O/c1-15-10-13(16-5-7-17-8-6-16)11-3-2-4-12(14)9-11/h2-4,9,13,15H,5-8,10H2,1H3. The molecule has 2 rings (SSSR count). The molecule has 0 spiro atoms. The smallest absolute Gasteiger partial charge is 0.0594 e. The maximum Gasteiger partial charge on any atom is 0.0594 e. The fourth-order valence-corrected chi connectivity index (χ4v) is 2.67. The Morgan fingerprint density at radius 2 is 2.18 bits per heavy atom. The van der Waals surface area contributed by atoms with Crippen molar-refractivity contribution in [2.45, 2.75) is 6.04 Å². The Kier molecular flexibility index (Phi) is 4.98. The molecule has 0 aromatic heterocycles. The van der Waals surface area contributed by atoms with Gasteiger partial charge in [-0.15, -0.1) is 0 Å². The average Bonchev–Trinajstić information content (AvgIpc) is 2.37. The van der Waals surface area contributed by atoms with E-state index in [9.17, 15) is 0 Å². The molecule has 0 saturated carbocycles. The SMILES string of the molecule is CNCC(c1cccc(Br)c1)N1CCOCC1. The molecule has 0 bridgehead atoms. The van der Waals surface area contributed by atoms with Crippen molar-refractivity contribution in [3.63, 3.8) is 0 Å². The van der Waals surface area contributed by atoms with Crippen molar-refractivity contribution < 1.29 is 4.74 Å². The van der Waals surface area contributed by atoms with Crippen LogP contribution in [0.1, 0.15) is 11.6 Å². The molecule has 1 aliphatic rings. The topological polar surface area (TPSA) is 24.5 Å². The molecule has 0 aliphatic carbocycles. The fraction of sp³-hybridized carbons (Fsp3) is 0.538. The first-order chi connectivity index (χ1) is 8.31. The van der Waals surface area contributed by atoms with Crippen LogP contribution in [0.3, 0.4) is 0 Å². The summed E-state index contributed by atoms with van der Waals surface area (Å²) in [5, 5.41) is 3.29. The van der Waals surface area contributed by atoms with E-state index in [0.29, 0.717) is 6.04 Å². The third-order valence-corrected chi connectivity index (χ3v) is 3.61. The summed E-state index contributed by atoms with van der Waals surface area (Å²) < 4.78 is 6.56. The zero-order valence-electron chi connectivity index (χ0n) is 10.2. The van der Waals surface area contributed by atoms with Crippen LogP contribution in [0.25, 0.3) is 0 Å². The third kappa shape index (κ3) is 3.52. The molecule has 1 heterocycles. The molecule has 1 aromatic rings. The van der Waals surface area contributed by atoms with Crippen molar-refractivity contribution >= 4 is 15.9 Å². The molecule has 0 radical (unpaired) electrons. The van der Waals surface area contributed by atoms with E-state index in [4.69, 9.17) is 4.74 Å². The van der Waals surface area contributed by atoms with Crippen LogP contribution in [0.5, 0.6) is 0 Å². The average molecular weight is 299 g/mol. The van der Waals surface area contributed by atoms with E-state index >= 15 is 0 Å². The molecule has 4 heteroatoms. The molecular formula is C13H19BrN2O. The van der Waals surface area contributed by atoms with Crippen molar-refractivity contribution in [2.75, 3.05) is 39.9 Å². The molecule has 1 unspecified atom stereocenters. The van der Waals surface area contributed by atoms with Crippen molar-refractivity contribution in [1.82, 2.24) is 10.2 Å². The highest BCUT2D eigenvalue weighted by Crippen LogP contribution is 2.23. The highest BCUT2D eigenvalue weighted by molar-refractivity contribution is 9.10. The highest BCUT2D eigenvalue weighted by Gasteiger charge is 2.21. The number of ether oxygens (including phenoxy) is 1. The van der Waals surface area contributed by atoms with Gasteiger partial charge in [-0.05, 0) is 24.7 Å². The number of nitrogens with one attached hydrogen (secondary N) is 1. The van der Waals surface area contributed by atoms with Gasteiger partial charge in [-0.3, -0.25) is 4.90 Å². The Morgan fingerprint density at radius 1 is 1.41 bits per heavy atom. The second-order valence-corrected chi connectivity index (χ2v) is 5.19. The Morgan fingerprint density at radius 3 is 2.82 bits per heavy atom. The van der Waals surface area contributed by atoms with E-state index < -0.39 is 0 Å². The summed E-state index contributed by atoms with van der Waals surface area (Å²) in [5.74, 6) is 0. The second-order valence-electron chi connectivity index (χ2n) is 4.28. The van der Waals surface area contributed by atoms with Gasteiger partial charge >= 0.3 is 0 Å². The number of halogens is 1. The van der Waals surface area contributed by atoms with Crippen molar-refractivity contribution in [3.05, 3.63) is 34.3 Å². The Bertz CT molecular complexity index is 353. The first-order valence-corrected chi connectivity index (χ1v) is 6.82. The molecule has 3 nitrogen and oxygen atoms in total. The minimum absolute atomic E-state index is 0.432. The molecule has 1 saturated heterocycles. The summed E-state index contributed by atoms with van der Waals surface area (Å²) >= 11 is 3.54. The van der Waals surface area contributed by atoms with Crippen LogP contribution in [-0.2, 0) is 4.74 Å². The first kappa shape index (κ1) is 13.0. The van der Waals surface area contributed by atoms with Crippen LogP contribution in [0, 0.1) is 0 Å². The van der Waals surface area contributed by atoms with Gasteiger partial charge in [0.2, 0.25) is 0 Å². The van der Waals surface area contributed by atoms with Crippen molar-refractivity contribution in [3.8, 4) is 0 Å². The fourth-order valence-electron chi connectivity index (χ4n) is 2.25. The summed E-state index contributed by atoms with van der Waals surface area (Å²) in [5.41, 5.74) is 1.36. The molecular weight excluding hydrogens is 280 g/mol. The summed E-state index contributed by atoms with van der Waals surface area (Å²) in [6.07, 6.45) is 0. The molecule has 1 aliphatic heterocycles. The molecule has 1 N–H and O–H groups in total. The van der Waals surface area contributed by atoms with E-state index in [1.54, 1.807) is 0 Å². The number of rotatable bonds is 4. The summed E-state index contributed by atoms with van der Waals surface area (Å²) in [6, 6.07) is 9.00. The number of morpholine rings is 1. The van der Waals surface area contributed by atoms with E-state index in [0.717, 1.165) is 37.3 Å². The minimum Gasteiger partial charge on any atom is -0.379 e. The predicted octanol–water partition coefficient (Wildman–Crippen LogP) is 2.04. The van der Waals surface area contributed by atoms with E-state index in [2.05, 4.69) is 50.4 Å². The lowest BCUT2D eigenvalue weighted by molar-refractivity contribution is 0.0165. The molecule has 1 aromatic carbocycles. The molecule has 1 fully saturated rings. The number of likely N-dealkylation sites (N-methyl/N-ethyl adjacent to an activating group) is 1. The van der Waals surface area contributed by atoms with Crippen LogP contribution >= 0.6 is 15.9 Å². The van der Waals surface area contributed by atoms with Crippen LogP contribution in [0.15, 0.2) is 28.7 Å². The zero-order valence-corrected chi connectivity index (χ0v) is 11.7. The monoisotopic (exact) mass is 298 g/mol. The third-order valence-electron chi connectivity index (χ3n) is 3.12. The predicted molar refractivity (Wildman–Crippen MR) is 73.2 cm³/mol. The normalized spacial score (nSPS) is 19.2. The van der Waals surface area contributed by atoms with E-state index in [1.807, 2.05) is 7.05 Å². The highest BCUT2D eigenvalue weighted by atomic mass is 79.9. The zero-order chi connectivity index (χ0) is 12.1. The van der Waals surface area contributed by atoms with Crippen LogP contribution in [0.4, 0.5) is 0 Å². The van der Waals surface area contributed by atoms with Crippen molar-refractivity contribution in [2.24, 2.45) is 0 Å². The lowest BCUT2D eigenvalue weighted by atomic mass is 10.0. The van der Waals surface area contributed by atoms with Gasteiger partial charge in [0.25, 0.3) is 0 Å². The lowest BCUT2D eigenvalue weighted by Gasteiger charge is -2.34. The van der Waals surface area contributed by atoms with Gasteiger partial charge in [0.05, 0.1) is 13.2 Å². The number of nitrogens with zero attached hydrogens (tertiary/aromatic N) is 1. The molecule has 94 valence electrons. The van der Waals surface area contributed by atoms with Gasteiger partial charge in [0, 0.05) is 30.1 Å². The van der Waals surface area contributed by atoms with E-state index in [-0.39, 0.29) is 0 Å². The number of benzene rings is 1. The maximum atomic E-state index is 5.42. The van der Waals surface area contributed by atoms with Crippen LogP contribution in [-0.4, -0.2) is 44.8 Å². The molecule has 0 amide bonds. The van der Waals surface area contributed by atoms with Gasteiger partial charge in [-0.2, -0.15) is 0 Å². The van der Waals surface area contributed by atoms with Gasteiger partial charge in [-0.1, -0.05) is 28.1 Å². The minimum atomic E-state index is 0.432. The van der Waals surface area contributed by atoms with Gasteiger partial charge in [0.1, 0.15) is 0 Å². The van der Waals surface area contributed by atoms with Gasteiger partial charge in [-0.25, -0.2) is 0 Å². The van der Waals surface area contributed by atoms with Gasteiger partial charge in [0.15, 0.2) is 0 Å². The summed E-state index contributed by atoms with van der Waals surface area (Å²) in [4.78, 5) is 2.49. The Labute approximate surface area is 111 Å². The second kappa shape index (κ2) is 6.50. The Balaban J connectivity index is 2.15. The van der Waals surface area contributed by atoms with Crippen LogP contribution in [0.2, 0.25) is 0 Å². The van der Waals surface area contributed by atoms with Gasteiger partial charge < -0.3 is 10.1 Å². The summed E-state index contributed by atoms with van der Waals surface area (Å²) in [6.45, 7) is 4.68. The van der Waals surface area contributed by atoms with E-state index in [1.165, 1.54) is 5.56 Å². The lowest BCUT2D eigenvalue weighted by Crippen LogP contribution is -2.42. The quantitative estimate of drug-likeness (QED) is 0.921. The Hall–Kier alpha value is -0.420. The number of hydrogen-bond acceptors (Lipinski definition) is 3. The van der Waals surface area contributed by atoms with Crippen molar-refractivity contribution in [1.29, 1.82) is 0 Å². The summed E-state index contributed by atoms with van der Waals surface area (Å²) in [7, 11) is 2.01. The van der Waals surface area contributed by atoms with Crippen LogP contribution < -0.4 is 5.32 Å². The largest absolute Gasteiger partial charge is 0.379 e. The maximum absolute atomic E-state index is 5.42.